The van der Waals surface area contributed by atoms with Gasteiger partial charge in [-0.1, -0.05) is 31.2 Å². The Kier molecular flexibility index (Phi) is 4.07. The summed E-state index contributed by atoms with van der Waals surface area (Å²) >= 11 is 0. The van der Waals surface area contributed by atoms with Crippen molar-refractivity contribution in [3.63, 3.8) is 0 Å². The average molecular weight is 268 g/mol. The molecule has 0 aromatic heterocycles. The molecular formula is C14H20O3S. The van der Waals surface area contributed by atoms with E-state index in [1.165, 1.54) is 5.56 Å². The Hall–Kier alpha value is -0.870. The van der Waals surface area contributed by atoms with Gasteiger partial charge >= 0.3 is 0 Å². The minimum Gasteiger partial charge on any atom is -0.392 e. The molecule has 0 bridgehead atoms. The zero-order valence-electron chi connectivity index (χ0n) is 10.7. The maximum atomic E-state index is 11.4. The third-order valence-electron chi connectivity index (χ3n) is 3.69. The number of hydrogen-bond acceptors (Lipinski definition) is 3. The molecule has 0 amide bonds. The molecule has 4 heteroatoms. The fourth-order valence-corrected chi connectivity index (χ4v) is 4.32. The molecule has 1 saturated heterocycles. The van der Waals surface area contributed by atoms with E-state index in [4.69, 9.17) is 0 Å². The van der Waals surface area contributed by atoms with E-state index in [-0.39, 0.29) is 17.4 Å². The van der Waals surface area contributed by atoms with Crippen molar-refractivity contribution in [1.82, 2.24) is 0 Å². The van der Waals surface area contributed by atoms with Gasteiger partial charge in [-0.25, -0.2) is 8.42 Å². The molecule has 0 saturated carbocycles. The summed E-state index contributed by atoms with van der Waals surface area (Å²) in [5.41, 5.74) is 2.35. The van der Waals surface area contributed by atoms with Crippen molar-refractivity contribution in [2.45, 2.75) is 32.3 Å². The van der Waals surface area contributed by atoms with E-state index in [1.54, 1.807) is 0 Å². The molecule has 1 aliphatic rings. The fraction of sp³-hybridized carbons (Fsp3) is 0.571. The number of aliphatic hydroxyl groups excluding tert-OH is 1. The van der Waals surface area contributed by atoms with Crippen molar-refractivity contribution in [2.24, 2.45) is 5.92 Å². The highest BCUT2D eigenvalue weighted by Gasteiger charge is 2.32. The second kappa shape index (κ2) is 5.41. The highest BCUT2D eigenvalue weighted by Crippen LogP contribution is 2.24. The summed E-state index contributed by atoms with van der Waals surface area (Å²) in [5, 5.41) is 10.1. The Balaban J connectivity index is 1.96. The quantitative estimate of drug-likeness (QED) is 0.902. The molecule has 1 fully saturated rings. The molecule has 1 aromatic rings. The summed E-state index contributed by atoms with van der Waals surface area (Å²) in [6.45, 7) is 2.10. The summed E-state index contributed by atoms with van der Waals surface area (Å²) in [7, 11) is -2.90. The predicted molar refractivity (Wildman–Crippen MR) is 72.3 cm³/mol. The number of rotatable bonds is 4. The Bertz CT molecular complexity index is 490. The Morgan fingerprint density at radius 2 is 1.89 bits per heavy atom. The van der Waals surface area contributed by atoms with Crippen LogP contribution >= 0.6 is 0 Å². The van der Waals surface area contributed by atoms with Gasteiger partial charge in [0.05, 0.1) is 17.6 Å². The molecule has 1 aromatic carbocycles. The number of hydrogen-bond donors (Lipinski definition) is 1. The van der Waals surface area contributed by atoms with Gasteiger partial charge in [0.15, 0.2) is 9.84 Å². The van der Waals surface area contributed by atoms with Crippen LogP contribution in [0.25, 0.3) is 0 Å². The van der Waals surface area contributed by atoms with Gasteiger partial charge < -0.3 is 5.11 Å². The topological polar surface area (TPSA) is 54.4 Å². The van der Waals surface area contributed by atoms with Crippen molar-refractivity contribution >= 4 is 9.84 Å². The van der Waals surface area contributed by atoms with E-state index < -0.39 is 15.9 Å². The van der Waals surface area contributed by atoms with Crippen LogP contribution in [0.4, 0.5) is 0 Å². The van der Waals surface area contributed by atoms with Gasteiger partial charge in [0.25, 0.3) is 0 Å². The lowest BCUT2D eigenvalue weighted by molar-refractivity contribution is 0.120. The SMILES string of the molecule is CCc1ccc(CC(O)C2CCS(=O)(=O)C2)cc1. The van der Waals surface area contributed by atoms with Crippen LogP contribution in [-0.4, -0.2) is 31.1 Å². The number of benzene rings is 1. The van der Waals surface area contributed by atoms with E-state index in [1.807, 2.05) is 12.1 Å². The number of sulfone groups is 1. The third-order valence-corrected chi connectivity index (χ3v) is 5.48. The summed E-state index contributed by atoms with van der Waals surface area (Å²) in [6.07, 6.45) is 1.60. The lowest BCUT2D eigenvalue weighted by Gasteiger charge is -2.16. The average Bonchev–Trinajstić information content (AvgIpc) is 2.71. The van der Waals surface area contributed by atoms with Gasteiger partial charge in [0.1, 0.15) is 0 Å². The van der Waals surface area contributed by atoms with Crippen LogP contribution in [0.1, 0.15) is 24.5 Å². The van der Waals surface area contributed by atoms with E-state index >= 15 is 0 Å². The van der Waals surface area contributed by atoms with Gasteiger partial charge in [0, 0.05) is 5.92 Å². The number of aliphatic hydroxyl groups is 1. The van der Waals surface area contributed by atoms with Gasteiger partial charge in [-0.2, -0.15) is 0 Å². The van der Waals surface area contributed by atoms with E-state index in [2.05, 4.69) is 19.1 Å². The van der Waals surface area contributed by atoms with Crippen molar-refractivity contribution in [3.05, 3.63) is 35.4 Å². The van der Waals surface area contributed by atoms with Crippen LogP contribution in [-0.2, 0) is 22.7 Å². The van der Waals surface area contributed by atoms with Gasteiger partial charge in [0.2, 0.25) is 0 Å². The molecular weight excluding hydrogens is 248 g/mol. The second-order valence-corrected chi connectivity index (χ2v) is 7.33. The molecule has 2 atom stereocenters. The van der Waals surface area contributed by atoms with E-state index in [0.29, 0.717) is 12.8 Å². The molecule has 3 nitrogen and oxygen atoms in total. The zero-order chi connectivity index (χ0) is 13.2. The minimum atomic E-state index is -2.90. The Labute approximate surface area is 109 Å². The monoisotopic (exact) mass is 268 g/mol. The van der Waals surface area contributed by atoms with E-state index in [9.17, 15) is 13.5 Å². The normalized spacial score (nSPS) is 24.0. The van der Waals surface area contributed by atoms with Crippen LogP contribution in [0.3, 0.4) is 0 Å². The largest absolute Gasteiger partial charge is 0.392 e. The third kappa shape index (κ3) is 3.33. The van der Waals surface area contributed by atoms with Gasteiger partial charge in [-0.05, 0) is 30.4 Å². The summed E-state index contributed by atoms with van der Waals surface area (Å²) < 4.78 is 22.7. The van der Waals surface area contributed by atoms with Gasteiger partial charge in [-0.15, -0.1) is 0 Å². The number of aryl methyl sites for hydroxylation is 1. The minimum absolute atomic E-state index is 0.0964. The molecule has 0 aliphatic carbocycles. The van der Waals surface area contributed by atoms with Gasteiger partial charge in [-0.3, -0.25) is 0 Å². The summed E-state index contributed by atoms with van der Waals surface area (Å²) in [4.78, 5) is 0. The Morgan fingerprint density at radius 3 is 2.39 bits per heavy atom. The van der Waals surface area contributed by atoms with Crippen LogP contribution in [0.5, 0.6) is 0 Å². The van der Waals surface area contributed by atoms with Crippen LogP contribution in [0.15, 0.2) is 24.3 Å². The lowest BCUT2D eigenvalue weighted by Crippen LogP contribution is -2.23. The zero-order valence-corrected chi connectivity index (χ0v) is 11.5. The first kappa shape index (κ1) is 13.6. The second-order valence-electron chi connectivity index (χ2n) is 5.10. The van der Waals surface area contributed by atoms with Crippen LogP contribution in [0, 0.1) is 5.92 Å². The predicted octanol–water partition coefficient (Wildman–Crippen LogP) is 1.59. The summed E-state index contributed by atoms with van der Waals surface area (Å²) in [6, 6.07) is 8.16. The lowest BCUT2D eigenvalue weighted by atomic mass is 9.95. The molecule has 0 spiro atoms. The molecule has 2 rings (SSSR count). The van der Waals surface area contributed by atoms with Crippen LogP contribution in [0.2, 0.25) is 0 Å². The molecule has 1 heterocycles. The molecule has 0 radical (unpaired) electrons. The fourth-order valence-electron chi connectivity index (χ4n) is 2.45. The molecule has 100 valence electrons. The maximum Gasteiger partial charge on any atom is 0.150 e. The standard InChI is InChI=1S/C14H20O3S/c1-2-11-3-5-12(6-4-11)9-14(15)13-7-8-18(16,17)10-13/h3-6,13-15H,2,7-10H2,1H3. The highest BCUT2D eigenvalue weighted by atomic mass is 32.2. The molecule has 18 heavy (non-hydrogen) atoms. The van der Waals surface area contributed by atoms with E-state index in [0.717, 1.165) is 12.0 Å². The Morgan fingerprint density at radius 1 is 1.28 bits per heavy atom. The maximum absolute atomic E-state index is 11.4. The van der Waals surface area contributed by atoms with Crippen molar-refractivity contribution in [2.75, 3.05) is 11.5 Å². The van der Waals surface area contributed by atoms with Crippen molar-refractivity contribution < 1.29 is 13.5 Å². The highest BCUT2D eigenvalue weighted by molar-refractivity contribution is 7.91. The first-order chi connectivity index (χ1) is 8.50. The summed E-state index contributed by atoms with van der Waals surface area (Å²) in [5.74, 6) is 0.269. The van der Waals surface area contributed by atoms with Crippen molar-refractivity contribution in [1.29, 1.82) is 0 Å². The molecule has 1 aliphatic heterocycles. The molecule has 1 N–H and O–H groups in total. The smallest absolute Gasteiger partial charge is 0.150 e. The first-order valence-corrected chi connectivity index (χ1v) is 8.28. The first-order valence-electron chi connectivity index (χ1n) is 6.46. The van der Waals surface area contributed by atoms with Crippen molar-refractivity contribution in [3.8, 4) is 0 Å². The van der Waals surface area contributed by atoms with Crippen LogP contribution < -0.4 is 0 Å². The molecule has 2 unspecified atom stereocenters.